The lowest BCUT2D eigenvalue weighted by Gasteiger charge is -2.06. The van der Waals surface area contributed by atoms with E-state index < -0.39 is 0 Å². The van der Waals surface area contributed by atoms with E-state index in [0.29, 0.717) is 0 Å². The van der Waals surface area contributed by atoms with Crippen LogP contribution in [0.3, 0.4) is 0 Å². The summed E-state index contributed by atoms with van der Waals surface area (Å²) in [5.74, 6) is -0.0204. The van der Waals surface area contributed by atoms with Crippen LogP contribution in [-0.2, 0) is 17.8 Å². The Morgan fingerprint density at radius 1 is 1.33 bits per heavy atom. The van der Waals surface area contributed by atoms with Crippen LogP contribution in [0.5, 0.6) is 0 Å². The topological polar surface area (TPSA) is 41.1 Å². The number of thiophene rings is 2. The predicted molar refractivity (Wildman–Crippen MR) is 78.4 cm³/mol. The summed E-state index contributed by atoms with van der Waals surface area (Å²) >= 11 is 3.40. The van der Waals surface area contributed by atoms with Gasteiger partial charge in [0.05, 0.1) is 5.69 Å². The second-order valence-electron chi connectivity index (χ2n) is 4.00. The summed E-state index contributed by atoms with van der Waals surface area (Å²) in [6, 6.07) is 4.10. The van der Waals surface area contributed by atoms with Crippen LogP contribution in [0.4, 0.5) is 5.69 Å². The molecule has 0 fully saturated rings. The van der Waals surface area contributed by atoms with Gasteiger partial charge in [-0.15, -0.1) is 11.3 Å². The van der Waals surface area contributed by atoms with E-state index >= 15 is 0 Å². The van der Waals surface area contributed by atoms with Gasteiger partial charge >= 0.3 is 0 Å². The lowest BCUT2D eigenvalue weighted by Crippen LogP contribution is -2.17. The molecule has 0 unspecified atom stereocenters. The molecule has 5 heteroatoms. The van der Waals surface area contributed by atoms with E-state index in [-0.39, 0.29) is 5.91 Å². The van der Waals surface area contributed by atoms with Gasteiger partial charge in [-0.2, -0.15) is 11.3 Å². The SMILES string of the molecule is CC(=O)Nc1ccsc1CNCCc1ccsc1. The van der Waals surface area contributed by atoms with Crippen molar-refractivity contribution in [3.05, 3.63) is 38.7 Å². The first-order chi connectivity index (χ1) is 8.75. The number of carbonyl (C=O) groups excluding carboxylic acids is 1. The van der Waals surface area contributed by atoms with Gasteiger partial charge in [-0.3, -0.25) is 4.79 Å². The van der Waals surface area contributed by atoms with Crippen molar-refractivity contribution in [2.45, 2.75) is 19.9 Å². The van der Waals surface area contributed by atoms with Crippen molar-refractivity contribution >= 4 is 34.3 Å². The Labute approximate surface area is 115 Å². The summed E-state index contributed by atoms with van der Waals surface area (Å²) in [5, 5.41) is 12.5. The molecule has 0 radical (unpaired) electrons. The highest BCUT2D eigenvalue weighted by Crippen LogP contribution is 2.21. The molecule has 2 heterocycles. The minimum absolute atomic E-state index is 0.0204. The Morgan fingerprint density at radius 2 is 2.22 bits per heavy atom. The molecule has 0 saturated carbocycles. The van der Waals surface area contributed by atoms with Gasteiger partial charge in [-0.1, -0.05) is 0 Å². The van der Waals surface area contributed by atoms with E-state index in [9.17, 15) is 4.79 Å². The fraction of sp³-hybridized carbons (Fsp3) is 0.308. The van der Waals surface area contributed by atoms with Crippen molar-refractivity contribution in [2.24, 2.45) is 0 Å². The minimum Gasteiger partial charge on any atom is -0.325 e. The van der Waals surface area contributed by atoms with Crippen LogP contribution in [0.2, 0.25) is 0 Å². The van der Waals surface area contributed by atoms with Crippen LogP contribution in [-0.4, -0.2) is 12.5 Å². The lowest BCUT2D eigenvalue weighted by molar-refractivity contribution is -0.114. The average molecular weight is 280 g/mol. The Morgan fingerprint density at radius 3 is 2.94 bits per heavy atom. The maximum Gasteiger partial charge on any atom is 0.221 e. The normalized spacial score (nSPS) is 10.5. The zero-order chi connectivity index (χ0) is 12.8. The summed E-state index contributed by atoms with van der Waals surface area (Å²) < 4.78 is 0. The van der Waals surface area contributed by atoms with Gasteiger partial charge < -0.3 is 10.6 Å². The van der Waals surface area contributed by atoms with Gasteiger partial charge in [-0.05, 0) is 46.8 Å². The van der Waals surface area contributed by atoms with Crippen molar-refractivity contribution in [1.29, 1.82) is 0 Å². The van der Waals surface area contributed by atoms with Gasteiger partial charge in [0.15, 0.2) is 0 Å². The highest BCUT2D eigenvalue weighted by atomic mass is 32.1. The molecule has 2 rings (SSSR count). The van der Waals surface area contributed by atoms with Crippen LogP contribution in [0.15, 0.2) is 28.3 Å². The second-order valence-corrected chi connectivity index (χ2v) is 5.78. The van der Waals surface area contributed by atoms with Crippen LogP contribution in [0.1, 0.15) is 17.4 Å². The predicted octanol–water partition coefficient (Wildman–Crippen LogP) is 3.10. The monoisotopic (exact) mass is 280 g/mol. The summed E-state index contributed by atoms with van der Waals surface area (Å²) in [7, 11) is 0. The number of rotatable bonds is 6. The Hall–Kier alpha value is -1.17. The largest absolute Gasteiger partial charge is 0.325 e. The first-order valence-corrected chi connectivity index (χ1v) is 7.63. The minimum atomic E-state index is -0.0204. The maximum absolute atomic E-state index is 11.0. The number of hydrogen-bond donors (Lipinski definition) is 2. The van der Waals surface area contributed by atoms with Crippen molar-refractivity contribution in [3.63, 3.8) is 0 Å². The van der Waals surface area contributed by atoms with Crippen LogP contribution < -0.4 is 10.6 Å². The molecule has 0 spiro atoms. The zero-order valence-electron chi connectivity index (χ0n) is 10.2. The molecule has 0 bridgehead atoms. The fourth-order valence-corrected chi connectivity index (χ4v) is 3.15. The number of hydrogen-bond acceptors (Lipinski definition) is 4. The molecule has 1 amide bonds. The molecule has 0 saturated heterocycles. The molecular formula is C13H16N2OS2. The Kier molecular flexibility index (Phi) is 4.92. The molecule has 2 aromatic heterocycles. The van der Waals surface area contributed by atoms with Crippen LogP contribution >= 0.6 is 22.7 Å². The molecule has 0 aliphatic carbocycles. The van der Waals surface area contributed by atoms with E-state index in [1.54, 1.807) is 22.7 Å². The summed E-state index contributed by atoms with van der Waals surface area (Å²) in [5.41, 5.74) is 2.30. The first kappa shape index (κ1) is 13.3. The van der Waals surface area contributed by atoms with E-state index in [1.807, 2.05) is 11.4 Å². The van der Waals surface area contributed by atoms with Crippen molar-refractivity contribution < 1.29 is 4.79 Å². The van der Waals surface area contributed by atoms with E-state index in [4.69, 9.17) is 0 Å². The highest BCUT2D eigenvalue weighted by Gasteiger charge is 2.05. The van der Waals surface area contributed by atoms with E-state index in [0.717, 1.165) is 25.2 Å². The molecule has 18 heavy (non-hydrogen) atoms. The first-order valence-electron chi connectivity index (χ1n) is 5.81. The summed E-state index contributed by atoms with van der Waals surface area (Å²) in [6.07, 6.45) is 1.05. The summed E-state index contributed by atoms with van der Waals surface area (Å²) in [6.45, 7) is 3.29. The molecule has 2 N–H and O–H groups in total. The second kappa shape index (κ2) is 6.68. The van der Waals surface area contributed by atoms with Crippen molar-refractivity contribution in [3.8, 4) is 0 Å². The van der Waals surface area contributed by atoms with Crippen LogP contribution in [0.25, 0.3) is 0 Å². The molecule has 0 aliphatic rings. The number of anilines is 1. The van der Waals surface area contributed by atoms with Crippen LogP contribution in [0, 0.1) is 0 Å². The molecule has 0 aliphatic heterocycles. The van der Waals surface area contributed by atoms with Crippen molar-refractivity contribution in [2.75, 3.05) is 11.9 Å². The van der Waals surface area contributed by atoms with E-state index in [1.165, 1.54) is 17.4 Å². The van der Waals surface area contributed by atoms with Crippen molar-refractivity contribution in [1.82, 2.24) is 5.32 Å². The molecule has 0 atom stereocenters. The number of nitrogens with one attached hydrogen (secondary N) is 2. The summed E-state index contributed by atoms with van der Waals surface area (Å²) in [4.78, 5) is 12.2. The third kappa shape index (κ3) is 3.94. The van der Waals surface area contributed by atoms with Gasteiger partial charge in [0, 0.05) is 18.3 Å². The quantitative estimate of drug-likeness (QED) is 0.798. The number of amides is 1. The molecule has 3 nitrogen and oxygen atoms in total. The third-order valence-electron chi connectivity index (χ3n) is 2.51. The van der Waals surface area contributed by atoms with Gasteiger partial charge in [-0.25, -0.2) is 0 Å². The standard InChI is InChI=1S/C13H16N2OS2/c1-10(16)15-12-4-7-18-13(12)8-14-5-2-11-3-6-17-9-11/h3-4,6-7,9,14H,2,5,8H2,1H3,(H,15,16). The average Bonchev–Trinajstić information content (AvgIpc) is 2.95. The Balaban J connectivity index is 1.76. The molecule has 96 valence electrons. The van der Waals surface area contributed by atoms with Gasteiger partial charge in [0.25, 0.3) is 0 Å². The Bertz CT molecular complexity index is 491. The highest BCUT2D eigenvalue weighted by molar-refractivity contribution is 7.10. The van der Waals surface area contributed by atoms with Gasteiger partial charge in [0.1, 0.15) is 0 Å². The van der Waals surface area contributed by atoms with Gasteiger partial charge in [0.2, 0.25) is 5.91 Å². The number of carbonyl (C=O) groups is 1. The zero-order valence-corrected chi connectivity index (χ0v) is 11.9. The fourth-order valence-electron chi connectivity index (χ4n) is 1.65. The smallest absolute Gasteiger partial charge is 0.221 e. The molecule has 2 aromatic rings. The van der Waals surface area contributed by atoms with E-state index in [2.05, 4.69) is 27.5 Å². The third-order valence-corrected chi connectivity index (χ3v) is 4.17. The molecule has 0 aromatic carbocycles. The molecular weight excluding hydrogens is 264 g/mol. The lowest BCUT2D eigenvalue weighted by atomic mass is 10.2. The maximum atomic E-state index is 11.0.